The number of esters is 1. The van der Waals surface area contributed by atoms with Gasteiger partial charge in [0.15, 0.2) is 0 Å². The normalized spacial score (nSPS) is 16.1. The molecule has 5 heteroatoms. The minimum atomic E-state index is -0.967. The van der Waals surface area contributed by atoms with E-state index in [4.69, 9.17) is 14.2 Å². The molecule has 2 rings (SSSR count). The summed E-state index contributed by atoms with van der Waals surface area (Å²) in [6, 6.07) is 3.58. The predicted molar refractivity (Wildman–Crippen MR) is 105 cm³/mol. The number of rotatable bonds is 6. The Bertz CT molecular complexity index is 788. The molecular weight excluding hydrogens is 347 g/mol. The van der Waals surface area contributed by atoms with Crippen LogP contribution in [-0.2, 0) is 9.53 Å². The minimum Gasteiger partial charge on any atom is -0.493 e. The van der Waals surface area contributed by atoms with Gasteiger partial charge in [-0.15, -0.1) is 0 Å². The summed E-state index contributed by atoms with van der Waals surface area (Å²) in [7, 11) is 0. The lowest BCUT2D eigenvalue weighted by Crippen LogP contribution is -2.35. The number of allylic oxidation sites excluding steroid dienone is 1. The van der Waals surface area contributed by atoms with Gasteiger partial charge in [0.25, 0.3) is 0 Å². The molecule has 1 aromatic carbocycles. The van der Waals surface area contributed by atoms with E-state index in [0.717, 1.165) is 11.1 Å². The maximum absolute atomic E-state index is 14.5. The number of carbonyl (C=O) groups is 1. The Morgan fingerprint density at radius 2 is 1.89 bits per heavy atom. The zero-order chi connectivity index (χ0) is 20.4. The summed E-state index contributed by atoms with van der Waals surface area (Å²) in [6.45, 7) is 13.9. The fourth-order valence-corrected chi connectivity index (χ4v) is 3.35. The van der Waals surface area contributed by atoms with E-state index in [-0.39, 0.29) is 12.2 Å². The first-order valence-corrected chi connectivity index (χ1v) is 9.38. The average Bonchev–Trinajstić information content (AvgIpc) is 2.59. The third-order valence-electron chi connectivity index (χ3n) is 4.59. The van der Waals surface area contributed by atoms with Gasteiger partial charge in [0.1, 0.15) is 17.1 Å². The average molecular weight is 376 g/mol. The van der Waals surface area contributed by atoms with Gasteiger partial charge in [0.2, 0.25) is 5.83 Å². The van der Waals surface area contributed by atoms with Crippen molar-refractivity contribution < 1.29 is 23.4 Å². The highest BCUT2D eigenvalue weighted by molar-refractivity contribution is 5.96. The molecule has 1 aromatic rings. The summed E-state index contributed by atoms with van der Waals surface area (Å²) in [5.74, 6) is -0.420. The van der Waals surface area contributed by atoms with Gasteiger partial charge in [-0.05, 0) is 58.3 Å². The van der Waals surface area contributed by atoms with Crippen LogP contribution in [0.2, 0.25) is 0 Å². The molecule has 0 N–H and O–H groups in total. The first-order valence-electron chi connectivity index (χ1n) is 9.38. The van der Waals surface area contributed by atoms with Gasteiger partial charge in [-0.1, -0.05) is 13.8 Å². The molecule has 0 fully saturated rings. The van der Waals surface area contributed by atoms with Crippen LogP contribution in [0.4, 0.5) is 4.39 Å². The molecule has 0 spiro atoms. The van der Waals surface area contributed by atoms with Crippen molar-refractivity contribution in [3.05, 3.63) is 34.7 Å². The number of fused-ring (bicyclic) bond motifs is 1. The summed E-state index contributed by atoms with van der Waals surface area (Å²) < 4.78 is 31.2. The number of benzene rings is 1. The summed E-state index contributed by atoms with van der Waals surface area (Å²) in [5, 5.41) is 0. The number of hydrogen-bond acceptors (Lipinski definition) is 4. The smallest absolute Gasteiger partial charge is 0.367 e. The summed E-state index contributed by atoms with van der Waals surface area (Å²) in [5.41, 5.74) is 2.26. The zero-order valence-corrected chi connectivity index (χ0v) is 17.2. The van der Waals surface area contributed by atoms with Crippen molar-refractivity contribution in [1.82, 2.24) is 0 Å². The first-order chi connectivity index (χ1) is 12.6. The van der Waals surface area contributed by atoms with Gasteiger partial charge >= 0.3 is 5.97 Å². The molecule has 148 valence electrons. The van der Waals surface area contributed by atoms with Crippen molar-refractivity contribution in [2.45, 2.75) is 54.1 Å². The van der Waals surface area contributed by atoms with E-state index in [2.05, 4.69) is 19.9 Å². The van der Waals surface area contributed by atoms with E-state index in [1.54, 1.807) is 19.9 Å². The van der Waals surface area contributed by atoms with E-state index in [1.165, 1.54) is 0 Å². The summed E-state index contributed by atoms with van der Waals surface area (Å²) >= 11 is 0. The lowest BCUT2D eigenvalue weighted by atomic mass is 9.84. The highest BCUT2D eigenvalue weighted by Gasteiger charge is 2.33. The highest BCUT2D eigenvalue weighted by atomic mass is 19.1. The van der Waals surface area contributed by atoms with Crippen LogP contribution < -0.4 is 9.47 Å². The molecule has 1 heterocycles. The van der Waals surface area contributed by atoms with Crippen LogP contribution in [0.5, 0.6) is 11.5 Å². The molecule has 1 aliphatic heterocycles. The topological polar surface area (TPSA) is 44.8 Å². The molecule has 4 nitrogen and oxygen atoms in total. The zero-order valence-electron chi connectivity index (χ0n) is 17.2. The van der Waals surface area contributed by atoms with Gasteiger partial charge in [-0.2, -0.15) is 4.39 Å². The Morgan fingerprint density at radius 3 is 2.44 bits per heavy atom. The molecular formula is C22H29FO4. The Kier molecular flexibility index (Phi) is 6.34. The van der Waals surface area contributed by atoms with Crippen molar-refractivity contribution in [3.8, 4) is 11.5 Å². The number of ether oxygens (including phenoxy) is 3. The van der Waals surface area contributed by atoms with Crippen molar-refractivity contribution in [1.29, 1.82) is 0 Å². The SMILES string of the molecule is CCOC(=O)/C(F)=C(/C)c1cc2c(cc1OCC)OC(C)(C)C(C(C)C)=C2. The molecule has 0 saturated heterocycles. The van der Waals surface area contributed by atoms with Gasteiger partial charge in [-0.25, -0.2) is 4.79 Å². The molecule has 0 aromatic heterocycles. The Morgan fingerprint density at radius 1 is 1.22 bits per heavy atom. The molecule has 0 aliphatic carbocycles. The molecule has 0 bridgehead atoms. The predicted octanol–water partition coefficient (Wildman–Crippen LogP) is 5.56. The summed E-state index contributed by atoms with van der Waals surface area (Å²) in [6.07, 6.45) is 2.08. The van der Waals surface area contributed by atoms with Crippen molar-refractivity contribution in [3.63, 3.8) is 0 Å². The standard InChI is InChI=1S/C22H29FO4/c1-8-25-19-12-18-15(11-17(13(3)4)22(6,7)27-18)10-16(19)14(5)20(23)21(24)26-9-2/h10-13H,8-9H2,1-7H3/b20-14+. The van der Waals surface area contributed by atoms with E-state index in [9.17, 15) is 9.18 Å². The fourth-order valence-electron chi connectivity index (χ4n) is 3.35. The van der Waals surface area contributed by atoms with Crippen LogP contribution in [0.15, 0.2) is 23.5 Å². The minimum absolute atomic E-state index is 0.117. The van der Waals surface area contributed by atoms with Crippen molar-refractivity contribution in [2.75, 3.05) is 13.2 Å². The number of carbonyl (C=O) groups excluding carboxylic acids is 1. The number of hydrogen-bond donors (Lipinski definition) is 0. The molecule has 27 heavy (non-hydrogen) atoms. The van der Waals surface area contributed by atoms with Crippen LogP contribution in [0.3, 0.4) is 0 Å². The molecule has 1 aliphatic rings. The van der Waals surface area contributed by atoms with Crippen LogP contribution >= 0.6 is 0 Å². The second kappa shape index (κ2) is 8.15. The second-order valence-electron chi connectivity index (χ2n) is 7.35. The molecule has 0 saturated carbocycles. The van der Waals surface area contributed by atoms with Gasteiger partial charge in [0.05, 0.1) is 13.2 Å². The quantitative estimate of drug-likeness (QED) is 0.482. The Balaban J connectivity index is 2.64. The van der Waals surface area contributed by atoms with Crippen LogP contribution in [0, 0.1) is 5.92 Å². The van der Waals surface area contributed by atoms with Crippen LogP contribution in [0.1, 0.15) is 59.6 Å². The Labute approximate surface area is 161 Å². The maximum Gasteiger partial charge on any atom is 0.367 e. The monoisotopic (exact) mass is 376 g/mol. The van der Waals surface area contributed by atoms with Gasteiger partial charge < -0.3 is 14.2 Å². The lowest BCUT2D eigenvalue weighted by molar-refractivity contribution is -0.140. The van der Waals surface area contributed by atoms with Gasteiger partial charge in [-0.3, -0.25) is 0 Å². The molecule has 0 atom stereocenters. The number of halogens is 1. The van der Waals surface area contributed by atoms with Crippen LogP contribution in [-0.4, -0.2) is 24.8 Å². The maximum atomic E-state index is 14.5. The van der Waals surface area contributed by atoms with Crippen molar-refractivity contribution in [2.24, 2.45) is 5.92 Å². The van der Waals surface area contributed by atoms with Crippen molar-refractivity contribution >= 4 is 17.6 Å². The second-order valence-corrected chi connectivity index (χ2v) is 7.35. The van der Waals surface area contributed by atoms with E-state index in [1.807, 2.05) is 26.8 Å². The van der Waals surface area contributed by atoms with E-state index in [0.29, 0.717) is 29.6 Å². The molecule has 0 amide bonds. The van der Waals surface area contributed by atoms with Crippen LogP contribution in [0.25, 0.3) is 11.6 Å². The first kappa shape index (κ1) is 21.0. The summed E-state index contributed by atoms with van der Waals surface area (Å²) in [4.78, 5) is 11.8. The van der Waals surface area contributed by atoms with E-state index >= 15 is 0 Å². The fraction of sp³-hybridized carbons (Fsp3) is 0.500. The molecule has 0 radical (unpaired) electrons. The largest absolute Gasteiger partial charge is 0.493 e. The van der Waals surface area contributed by atoms with E-state index < -0.39 is 17.4 Å². The molecule has 0 unspecified atom stereocenters. The Hall–Kier alpha value is -2.30. The third-order valence-corrected chi connectivity index (χ3v) is 4.59. The lowest BCUT2D eigenvalue weighted by Gasteiger charge is -2.36. The third kappa shape index (κ3) is 4.34. The van der Waals surface area contributed by atoms with Gasteiger partial charge in [0, 0.05) is 22.8 Å². The highest BCUT2D eigenvalue weighted by Crippen LogP contribution is 2.43.